The van der Waals surface area contributed by atoms with Crippen molar-refractivity contribution in [3.8, 4) is 0 Å². The topological polar surface area (TPSA) is 81.2 Å². The van der Waals surface area contributed by atoms with E-state index in [0.29, 0.717) is 40.4 Å². The average molecular weight is 491 g/mol. The van der Waals surface area contributed by atoms with Gasteiger partial charge in [-0.3, -0.25) is 14.2 Å². The lowest BCUT2D eigenvalue weighted by molar-refractivity contribution is 0.0676. The number of fused-ring (bicyclic) bond motifs is 2. The van der Waals surface area contributed by atoms with Crippen LogP contribution in [0.1, 0.15) is 54.8 Å². The molecule has 1 unspecified atom stereocenters. The van der Waals surface area contributed by atoms with Gasteiger partial charge >= 0.3 is 0 Å². The van der Waals surface area contributed by atoms with E-state index in [1.807, 2.05) is 54.3 Å². The van der Waals surface area contributed by atoms with Crippen molar-refractivity contribution >= 4 is 39.2 Å². The Morgan fingerprint density at radius 3 is 2.54 bits per heavy atom. The van der Waals surface area contributed by atoms with Crippen LogP contribution >= 0.6 is 11.6 Å². The number of unbranched alkanes of at least 4 members (excludes halogenated alkanes) is 3. The summed E-state index contributed by atoms with van der Waals surface area (Å²) in [4.78, 5) is 33.5. The molecule has 1 atom stereocenters. The van der Waals surface area contributed by atoms with E-state index in [0.717, 1.165) is 36.5 Å². The minimum atomic E-state index is -0.412. The van der Waals surface area contributed by atoms with Crippen molar-refractivity contribution < 1.29 is 4.79 Å². The first-order valence-electron chi connectivity index (χ1n) is 12.1. The van der Waals surface area contributed by atoms with E-state index in [9.17, 15) is 9.59 Å². The summed E-state index contributed by atoms with van der Waals surface area (Å²) in [7, 11) is 1.70. The molecule has 0 fully saturated rings. The first-order valence-corrected chi connectivity index (χ1v) is 12.4. The Morgan fingerprint density at radius 2 is 1.77 bits per heavy atom. The SMILES string of the molecule is CC(c1nc2cc(Cl)ccc2c(=O)n1C)N(CCCCCCN)C(=O)c1ccc2ccccc2c1. The van der Waals surface area contributed by atoms with Crippen molar-refractivity contribution in [1.82, 2.24) is 14.5 Å². The molecular weight excluding hydrogens is 460 g/mol. The molecule has 0 radical (unpaired) electrons. The van der Waals surface area contributed by atoms with Gasteiger partial charge in [-0.15, -0.1) is 0 Å². The number of nitrogens with zero attached hydrogens (tertiary/aromatic N) is 3. The lowest BCUT2D eigenvalue weighted by Gasteiger charge is -2.30. The van der Waals surface area contributed by atoms with Crippen LogP contribution in [0.3, 0.4) is 0 Å². The van der Waals surface area contributed by atoms with Crippen molar-refractivity contribution in [3.63, 3.8) is 0 Å². The van der Waals surface area contributed by atoms with Gasteiger partial charge in [0, 0.05) is 24.2 Å². The summed E-state index contributed by atoms with van der Waals surface area (Å²) in [5.41, 5.74) is 6.63. The summed E-state index contributed by atoms with van der Waals surface area (Å²) in [5, 5.41) is 3.11. The quantitative estimate of drug-likeness (QED) is 0.316. The van der Waals surface area contributed by atoms with E-state index < -0.39 is 6.04 Å². The number of carbonyl (C=O) groups excluding carboxylic acids is 1. The Labute approximate surface area is 210 Å². The number of rotatable bonds is 9. The summed E-state index contributed by atoms with van der Waals surface area (Å²) in [5.74, 6) is 0.448. The van der Waals surface area contributed by atoms with Crippen LogP contribution in [0.5, 0.6) is 0 Å². The molecule has 1 amide bonds. The van der Waals surface area contributed by atoms with Crippen LogP contribution in [-0.4, -0.2) is 33.4 Å². The number of benzene rings is 3. The molecular formula is C28H31ClN4O2. The van der Waals surface area contributed by atoms with E-state index in [1.54, 1.807) is 25.2 Å². The predicted octanol–water partition coefficient (Wildman–Crippen LogP) is 5.46. The molecule has 0 spiro atoms. The zero-order valence-corrected chi connectivity index (χ0v) is 21.0. The number of nitrogens with two attached hydrogens (primary N) is 1. The Bertz CT molecular complexity index is 1420. The standard InChI is InChI=1S/C28H31ClN4O2/c1-19(26-31-25-18-23(29)13-14-24(25)28(35)32(26)2)33(16-8-4-3-7-15-30)27(34)22-12-11-20-9-5-6-10-21(20)17-22/h5-6,9-14,17-19H,3-4,7-8,15-16,30H2,1-2H3. The average Bonchev–Trinajstić information content (AvgIpc) is 2.87. The molecule has 0 aliphatic rings. The largest absolute Gasteiger partial charge is 0.330 e. The van der Waals surface area contributed by atoms with Crippen LogP contribution in [0, 0.1) is 0 Å². The van der Waals surface area contributed by atoms with E-state index >= 15 is 0 Å². The van der Waals surface area contributed by atoms with Gasteiger partial charge in [-0.2, -0.15) is 0 Å². The number of aromatic nitrogens is 2. The molecule has 3 aromatic carbocycles. The second-order valence-electron chi connectivity index (χ2n) is 8.93. The normalized spacial score (nSPS) is 12.2. The van der Waals surface area contributed by atoms with Gasteiger partial charge in [-0.05, 0) is 67.4 Å². The molecule has 0 aliphatic heterocycles. The summed E-state index contributed by atoms with van der Waals surface area (Å²) >= 11 is 6.17. The fourth-order valence-corrected chi connectivity index (χ4v) is 4.68. The van der Waals surface area contributed by atoms with Crippen LogP contribution < -0.4 is 11.3 Å². The van der Waals surface area contributed by atoms with Gasteiger partial charge in [-0.1, -0.05) is 54.8 Å². The molecule has 7 heteroatoms. The highest BCUT2D eigenvalue weighted by atomic mass is 35.5. The highest BCUT2D eigenvalue weighted by Crippen LogP contribution is 2.25. The van der Waals surface area contributed by atoms with Crippen LogP contribution in [0.2, 0.25) is 5.02 Å². The van der Waals surface area contributed by atoms with Gasteiger partial charge in [0.1, 0.15) is 5.82 Å². The van der Waals surface area contributed by atoms with Gasteiger partial charge < -0.3 is 10.6 Å². The van der Waals surface area contributed by atoms with Gasteiger partial charge in [0.2, 0.25) is 0 Å². The third-order valence-electron chi connectivity index (χ3n) is 6.53. The van der Waals surface area contributed by atoms with E-state index in [4.69, 9.17) is 22.3 Å². The Morgan fingerprint density at radius 1 is 1.03 bits per heavy atom. The van der Waals surface area contributed by atoms with Gasteiger partial charge in [0.25, 0.3) is 11.5 Å². The number of hydrogen-bond acceptors (Lipinski definition) is 4. The van der Waals surface area contributed by atoms with Crippen molar-refractivity contribution in [2.75, 3.05) is 13.1 Å². The molecule has 182 valence electrons. The Balaban J connectivity index is 1.71. The van der Waals surface area contributed by atoms with Crippen molar-refractivity contribution in [2.24, 2.45) is 12.8 Å². The molecule has 4 rings (SSSR count). The van der Waals surface area contributed by atoms with Crippen molar-refractivity contribution in [3.05, 3.63) is 87.4 Å². The molecule has 1 aromatic heterocycles. The first kappa shape index (κ1) is 24.9. The second kappa shape index (κ2) is 11.0. The molecule has 2 N–H and O–H groups in total. The van der Waals surface area contributed by atoms with Gasteiger partial charge in [0.15, 0.2) is 0 Å². The summed E-state index contributed by atoms with van der Waals surface area (Å²) in [6.45, 7) is 3.15. The lowest BCUT2D eigenvalue weighted by atomic mass is 10.0. The van der Waals surface area contributed by atoms with E-state index in [2.05, 4.69) is 0 Å². The highest BCUT2D eigenvalue weighted by molar-refractivity contribution is 6.31. The molecule has 4 aromatic rings. The zero-order chi connectivity index (χ0) is 24.9. The fourth-order valence-electron chi connectivity index (χ4n) is 4.51. The molecule has 0 bridgehead atoms. The number of halogens is 1. The second-order valence-corrected chi connectivity index (χ2v) is 9.37. The Hall–Kier alpha value is -3.22. The maximum absolute atomic E-state index is 13.8. The van der Waals surface area contributed by atoms with Crippen LogP contribution in [0.15, 0.2) is 65.5 Å². The minimum Gasteiger partial charge on any atom is -0.330 e. The third-order valence-corrected chi connectivity index (χ3v) is 6.76. The fraction of sp³-hybridized carbons (Fsp3) is 0.321. The van der Waals surface area contributed by atoms with Crippen LogP contribution in [0.4, 0.5) is 0 Å². The van der Waals surface area contributed by atoms with Crippen molar-refractivity contribution in [1.29, 1.82) is 0 Å². The third kappa shape index (κ3) is 5.39. The van der Waals surface area contributed by atoms with Gasteiger partial charge in [0.05, 0.1) is 16.9 Å². The van der Waals surface area contributed by atoms with E-state index in [-0.39, 0.29) is 11.5 Å². The monoisotopic (exact) mass is 490 g/mol. The molecule has 0 aliphatic carbocycles. The number of amides is 1. The predicted molar refractivity (Wildman–Crippen MR) is 143 cm³/mol. The zero-order valence-electron chi connectivity index (χ0n) is 20.2. The minimum absolute atomic E-state index is 0.0810. The van der Waals surface area contributed by atoms with Crippen LogP contribution in [-0.2, 0) is 7.05 Å². The first-order chi connectivity index (χ1) is 16.9. The maximum atomic E-state index is 13.8. The molecule has 0 saturated carbocycles. The molecule has 6 nitrogen and oxygen atoms in total. The van der Waals surface area contributed by atoms with Crippen LogP contribution in [0.25, 0.3) is 21.7 Å². The number of carbonyl (C=O) groups is 1. The molecule has 35 heavy (non-hydrogen) atoms. The summed E-state index contributed by atoms with van der Waals surface area (Å²) < 4.78 is 1.54. The number of hydrogen-bond donors (Lipinski definition) is 1. The maximum Gasteiger partial charge on any atom is 0.261 e. The molecule has 1 heterocycles. The lowest BCUT2D eigenvalue weighted by Crippen LogP contribution is -2.38. The summed E-state index contributed by atoms with van der Waals surface area (Å²) in [6.07, 6.45) is 3.81. The smallest absolute Gasteiger partial charge is 0.261 e. The highest BCUT2D eigenvalue weighted by Gasteiger charge is 2.26. The van der Waals surface area contributed by atoms with Gasteiger partial charge in [-0.25, -0.2) is 4.98 Å². The Kier molecular flexibility index (Phi) is 7.83. The molecule has 0 saturated heterocycles. The van der Waals surface area contributed by atoms with Crippen molar-refractivity contribution in [2.45, 2.75) is 38.6 Å². The van der Waals surface area contributed by atoms with E-state index in [1.165, 1.54) is 4.57 Å². The summed E-state index contributed by atoms with van der Waals surface area (Å²) in [6, 6.07) is 18.4.